The van der Waals surface area contributed by atoms with Crippen molar-refractivity contribution in [3.8, 4) is 0 Å². The molecule has 0 radical (unpaired) electrons. The summed E-state index contributed by atoms with van der Waals surface area (Å²) in [6.45, 7) is 4.22. The molecule has 26 heavy (non-hydrogen) atoms. The standard InChI is InChI=1S/C21H24N2.2BrH.Ni/c1-16-8-3-5-12-20(16)22-14-18-10-7-11-19(18)15-23-21-13-6-4-9-17(21)2;;;/h3-6,8-9,12-15,18-19H,7,10-11H2,1-2H3;2*1H;/q;;;+2/p-2. The molecule has 2 nitrogen and oxygen atoms in total. The Morgan fingerprint density at radius 3 is 1.58 bits per heavy atom. The van der Waals surface area contributed by atoms with Crippen LogP contribution in [0.3, 0.4) is 0 Å². The minimum absolute atomic E-state index is 0.502. The number of rotatable bonds is 4. The first-order valence-corrected chi connectivity index (χ1v) is 13.6. The maximum absolute atomic E-state index is 4.72. The molecule has 2 unspecified atom stereocenters. The summed E-state index contributed by atoms with van der Waals surface area (Å²) in [7, 11) is 1.25. The summed E-state index contributed by atoms with van der Waals surface area (Å²) in [5, 5.41) is 0. The van der Waals surface area contributed by atoms with Gasteiger partial charge in [-0.2, -0.15) is 0 Å². The Balaban J connectivity index is 0.000000758. The average Bonchev–Trinajstić information content (AvgIpc) is 3.08. The van der Waals surface area contributed by atoms with E-state index in [1.54, 1.807) is 0 Å². The quantitative estimate of drug-likeness (QED) is 0.293. The summed E-state index contributed by atoms with van der Waals surface area (Å²) in [6, 6.07) is 16.6. The van der Waals surface area contributed by atoms with Gasteiger partial charge in [-0.25, -0.2) is 0 Å². The Hall–Kier alpha value is -0.766. The first-order valence-electron chi connectivity index (χ1n) is 8.67. The normalized spacial score (nSPS) is 19.8. The number of hydrogen-bond donors (Lipinski definition) is 0. The van der Waals surface area contributed by atoms with Gasteiger partial charge in [-0.05, 0) is 49.9 Å². The van der Waals surface area contributed by atoms with E-state index in [-0.39, 0.29) is 0 Å². The van der Waals surface area contributed by atoms with Gasteiger partial charge in [0.25, 0.3) is 0 Å². The van der Waals surface area contributed by atoms with Gasteiger partial charge in [0.05, 0.1) is 11.4 Å². The molecule has 5 heteroatoms. The Labute approximate surface area is 177 Å². The number of nitrogens with zero attached hydrogens (tertiary/aromatic N) is 2. The molecule has 142 valence electrons. The van der Waals surface area contributed by atoms with Gasteiger partial charge in [-0.15, -0.1) is 0 Å². The Morgan fingerprint density at radius 1 is 0.808 bits per heavy atom. The van der Waals surface area contributed by atoms with Crippen molar-refractivity contribution in [1.82, 2.24) is 0 Å². The van der Waals surface area contributed by atoms with Crippen LogP contribution in [0, 0.1) is 25.7 Å². The molecule has 0 N–H and O–H groups in total. The molecule has 0 bridgehead atoms. The van der Waals surface area contributed by atoms with E-state index < -0.39 is 0 Å². The molecule has 2 atom stereocenters. The molecule has 0 aromatic heterocycles. The predicted octanol–water partition coefficient (Wildman–Crippen LogP) is 7.51. The van der Waals surface area contributed by atoms with Gasteiger partial charge in [0.2, 0.25) is 0 Å². The van der Waals surface area contributed by atoms with E-state index >= 15 is 0 Å². The molecule has 0 spiro atoms. The predicted molar refractivity (Wildman–Crippen MR) is 117 cm³/mol. The third-order valence-corrected chi connectivity index (χ3v) is 4.67. The van der Waals surface area contributed by atoms with E-state index in [0.717, 1.165) is 11.4 Å². The molecule has 0 heterocycles. The summed E-state index contributed by atoms with van der Waals surface area (Å²) in [5.41, 5.74) is 4.61. The molecule has 2 aromatic rings. The zero-order valence-corrected chi connectivity index (χ0v) is 19.2. The van der Waals surface area contributed by atoms with Gasteiger partial charge >= 0.3 is 39.3 Å². The molecule has 1 fully saturated rings. The van der Waals surface area contributed by atoms with E-state index in [2.05, 4.69) is 91.1 Å². The van der Waals surface area contributed by atoms with Crippen molar-refractivity contribution in [2.45, 2.75) is 33.1 Å². The fourth-order valence-corrected chi connectivity index (χ4v) is 3.16. The van der Waals surface area contributed by atoms with Crippen LogP contribution in [0.2, 0.25) is 0 Å². The van der Waals surface area contributed by atoms with Gasteiger partial charge in [-0.3, -0.25) is 9.98 Å². The first-order chi connectivity index (χ1) is 12.7. The van der Waals surface area contributed by atoms with Gasteiger partial charge in [-0.1, -0.05) is 42.8 Å². The monoisotopic (exact) mass is 520 g/mol. The average molecular weight is 523 g/mol. The van der Waals surface area contributed by atoms with E-state index in [1.807, 2.05) is 12.1 Å². The van der Waals surface area contributed by atoms with Gasteiger partial charge < -0.3 is 0 Å². The Kier molecular flexibility index (Phi) is 9.81. The molecule has 1 aliphatic carbocycles. The molecule has 3 rings (SSSR count). The summed E-state index contributed by atoms with van der Waals surface area (Å²) in [4.78, 5) is 9.45. The second kappa shape index (κ2) is 11.8. The van der Waals surface area contributed by atoms with Crippen molar-refractivity contribution in [1.29, 1.82) is 0 Å². The van der Waals surface area contributed by atoms with Gasteiger partial charge in [0.15, 0.2) is 0 Å². The molecule has 1 aliphatic rings. The second-order valence-electron chi connectivity index (χ2n) is 6.43. The zero-order chi connectivity index (χ0) is 18.8. The summed E-state index contributed by atoms with van der Waals surface area (Å²) < 4.78 is 0. The van der Waals surface area contributed by atoms with Crippen LogP contribution in [-0.2, 0) is 10.9 Å². The van der Waals surface area contributed by atoms with E-state index in [1.165, 1.54) is 41.3 Å². The number of benzene rings is 2. The molecular formula is C21H24Br2N2Ni. The van der Waals surface area contributed by atoms with Crippen molar-refractivity contribution >= 4 is 52.3 Å². The topological polar surface area (TPSA) is 24.7 Å². The number of halogens is 2. The van der Waals surface area contributed by atoms with Crippen molar-refractivity contribution in [3.63, 3.8) is 0 Å². The zero-order valence-electron chi connectivity index (χ0n) is 15.0. The van der Waals surface area contributed by atoms with Crippen LogP contribution in [0.5, 0.6) is 0 Å². The van der Waals surface area contributed by atoms with Gasteiger partial charge in [0.1, 0.15) is 0 Å². The van der Waals surface area contributed by atoms with Crippen molar-refractivity contribution in [2.75, 3.05) is 0 Å². The third kappa shape index (κ3) is 6.76. The first kappa shape index (κ1) is 21.5. The summed E-state index contributed by atoms with van der Waals surface area (Å²) in [6.07, 6.45) is 7.96. The minimum atomic E-state index is 0.502. The van der Waals surface area contributed by atoms with E-state index in [9.17, 15) is 0 Å². The summed E-state index contributed by atoms with van der Waals surface area (Å²) in [5.74, 6) is 1.00. The number of hydrogen-bond acceptors (Lipinski definition) is 2. The van der Waals surface area contributed by atoms with Crippen LogP contribution < -0.4 is 0 Å². The molecule has 1 saturated carbocycles. The number of aliphatic imine (C=N–C) groups is 2. The number of aryl methyl sites for hydroxylation is 2. The molecule has 0 aliphatic heterocycles. The van der Waals surface area contributed by atoms with Crippen LogP contribution in [-0.4, -0.2) is 12.4 Å². The van der Waals surface area contributed by atoms with Crippen LogP contribution in [0.1, 0.15) is 30.4 Å². The Morgan fingerprint density at radius 2 is 1.19 bits per heavy atom. The fourth-order valence-electron chi connectivity index (χ4n) is 3.16. The van der Waals surface area contributed by atoms with E-state index in [4.69, 9.17) is 9.98 Å². The summed E-state index contributed by atoms with van der Waals surface area (Å²) >= 11 is 6.00. The van der Waals surface area contributed by atoms with Crippen LogP contribution in [0.4, 0.5) is 11.4 Å². The van der Waals surface area contributed by atoms with Crippen LogP contribution in [0.25, 0.3) is 0 Å². The second-order valence-corrected chi connectivity index (χ2v) is 11.4. The maximum atomic E-state index is 4.72. The van der Waals surface area contributed by atoms with E-state index in [0.29, 0.717) is 11.8 Å². The molecular weight excluding hydrogens is 499 g/mol. The molecule has 2 aromatic carbocycles. The van der Waals surface area contributed by atoms with Crippen LogP contribution >= 0.6 is 28.5 Å². The number of para-hydroxylation sites is 2. The van der Waals surface area contributed by atoms with Gasteiger partial charge in [0, 0.05) is 24.3 Å². The molecule has 0 saturated heterocycles. The van der Waals surface area contributed by atoms with Crippen molar-refractivity contribution in [3.05, 3.63) is 59.7 Å². The Bertz CT molecular complexity index is 685. The molecule has 0 amide bonds. The van der Waals surface area contributed by atoms with Crippen molar-refractivity contribution < 1.29 is 10.9 Å². The van der Waals surface area contributed by atoms with Crippen LogP contribution in [0.15, 0.2) is 58.5 Å². The van der Waals surface area contributed by atoms with Crippen molar-refractivity contribution in [2.24, 2.45) is 21.8 Å². The third-order valence-electron chi connectivity index (χ3n) is 4.67. The SMILES string of the molecule is Cc1ccccc1N=CC1CCCC1C=Nc1ccccc1C.[Br][Ni][Br]. The fraction of sp³-hybridized carbons (Fsp3) is 0.333.